The van der Waals surface area contributed by atoms with Gasteiger partial charge in [-0.2, -0.15) is 0 Å². The maximum Gasteiger partial charge on any atom is 0.125 e. The summed E-state index contributed by atoms with van der Waals surface area (Å²) in [7, 11) is 1.84. The Morgan fingerprint density at radius 3 is 1.58 bits per heavy atom. The van der Waals surface area contributed by atoms with Crippen LogP contribution in [0.15, 0.2) is 180 Å². The third-order valence-corrected chi connectivity index (χ3v) is 10.8. The Kier molecular flexibility index (Phi) is 8.35. The number of nitrogens with zero attached hydrogens (tertiary/aromatic N) is 5. The Bertz CT molecular complexity index is 2680. The minimum atomic E-state index is 0.876. The number of aromatic nitrogens is 2. The van der Waals surface area contributed by atoms with Crippen LogP contribution in [0, 0.1) is 0 Å². The van der Waals surface area contributed by atoms with Crippen molar-refractivity contribution in [1.82, 2.24) is 9.97 Å². The minimum Gasteiger partial charge on any atom is -0.311 e. The molecule has 0 radical (unpaired) electrons. The van der Waals surface area contributed by atoms with Crippen molar-refractivity contribution in [2.75, 3.05) is 11.9 Å². The Balaban J connectivity index is 1.10. The first-order valence-corrected chi connectivity index (χ1v) is 18.2. The molecule has 9 aromatic rings. The molecule has 5 nitrogen and oxygen atoms in total. The summed E-state index contributed by atoms with van der Waals surface area (Å²) in [4.78, 5) is 20.9. The summed E-state index contributed by atoms with van der Waals surface area (Å²) in [5, 5.41) is 4.26. The summed E-state index contributed by atoms with van der Waals surface area (Å²) in [5.41, 5.74) is 12.4. The second-order valence-electron chi connectivity index (χ2n) is 12.8. The highest BCUT2D eigenvalue weighted by Crippen LogP contribution is 2.41. The number of hydrogen-bond acceptors (Lipinski definition) is 6. The molecule has 6 heteroatoms. The van der Waals surface area contributed by atoms with Crippen LogP contribution in [0.5, 0.6) is 0 Å². The molecule has 0 amide bonds. The van der Waals surface area contributed by atoms with Crippen LogP contribution in [-0.2, 0) is 0 Å². The van der Waals surface area contributed by atoms with Gasteiger partial charge in [-0.1, -0.05) is 91.0 Å². The number of anilines is 3. The normalized spacial score (nSPS) is 11.7. The number of pyridine rings is 2. The maximum atomic E-state index is 4.78. The van der Waals surface area contributed by atoms with Gasteiger partial charge < -0.3 is 4.90 Å². The van der Waals surface area contributed by atoms with Gasteiger partial charge in [-0.15, -0.1) is 11.3 Å². The van der Waals surface area contributed by atoms with Crippen molar-refractivity contribution in [2.24, 2.45) is 9.98 Å². The van der Waals surface area contributed by atoms with E-state index < -0.39 is 0 Å². The molecule has 0 spiro atoms. The van der Waals surface area contributed by atoms with Crippen molar-refractivity contribution in [2.45, 2.75) is 0 Å². The fourth-order valence-electron chi connectivity index (χ4n) is 7.04. The molecule has 0 N–H and O–H groups in total. The second-order valence-corrected chi connectivity index (χ2v) is 13.8. The standard InChI is InChI=1S/C47H33N5S/c1-48-46(45-41-11-5-8-14-44(41)53-47(45)49-2)33-19-25-40(26-20-33)52(38-21-15-31(16-22-38)36-27-34-9-3-6-12-42(34)50-29-36)39-23-17-32(18-24-39)37-28-35-10-4-7-13-43(35)51-30-37/h3-30H,2H2,1H3/b48-46-. The van der Waals surface area contributed by atoms with E-state index in [1.807, 2.05) is 43.7 Å². The molecule has 0 fully saturated rings. The van der Waals surface area contributed by atoms with E-state index in [-0.39, 0.29) is 0 Å². The zero-order valence-electron chi connectivity index (χ0n) is 29.0. The molecule has 9 rings (SSSR count). The summed E-state index contributed by atoms with van der Waals surface area (Å²) in [6.45, 7) is 3.87. The lowest BCUT2D eigenvalue weighted by atomic mass is 9.99. The Morgan fingerprint density at radius 1 is 0.566 bits per heavy atom. The van der Waals surface area contributed by atoms with E-state index in [1.165, 1.54) is 4.70 Å². The molecule has 0 aliphatic rings. The highest BCUT2D eigenvalue weighted by Gasteiger charge is 2.19. The van der Waals surface area contributed by atoms with Gasteiger partial charge in [0.1, 0.15) is 5.00 Å². The lowest BCUT2D eigenvalue weighted by molar-refractivity contribution is 1.28. The number of benzene rings is 6. The largest absolute Gasteiger partial charge is 0.311 e. The molecule has 0 atom stereocenters. The molecule has 53 heavy (non-hydrogen) atoms. The third kappa shape index (κ3) is 6.05. The number of rotatable bonds is 8. The molecule has 0 saturated carbocycles. The van der Waals surface area contributed by atoms with Crippen molar-refractivity contribution in [3.05, 3.63) is 181 Å². The first-order valence-electron chi connectivity index (χ1n) is 17.4. The van der Waals surface area contributed by atoms with Crippen LogP contribution in [0.1, 0.15) is 11.1 Å². The first-order chi connectivity index (χ1) is 26.2. The molecule has 0 saturated heterocycles. The quantitative estimate of drug-likeness (QED) is 0.148. The maximum absolute atomic E-state index is 4.78. The molecular weight excluding hydrogens is 667 g/mol. The molecule has 0 aliphatic heterocycles. The Labute approximate surface area is 311 Å². The molecule has 3 aromatic heterocycles. The van der Waals surface area contributed by atoms with E-state index in [0.29, 0.717) is 0 Å². The monoisotopic (exact) mass is 699 g/mol. The first kappa shape index (κ1) is 32.2. The predicted octanol–water partition coefficient (Wildman–Crippen LogP) is 12.6. The molecule has 6 aromatic carbocycles. The SMILES string of the molecule is C=Nc1sc2ccccc2c1/C(=N\C)c1ccc(N(c2ccc(-c3cnc4ccccc4c3)cc2)c2ccc(-c3cnc4ccccc4c3)cc2)cc1. The predicted molar refractivity (Wildman–Crippen MR) is 225 cm³/mol. The van der Waals surface area contributed by atoms with Gasteiger partial charge in [0.15, 0.2) is 0 Å². The number of aliphatic imine (C=N–C) groups is 2. The van der Waals surface area contributed by atoms with E-state index in [9.17, 15) is 0 Å². The number of thiophene rings is 1. The number of fused-ring (bicyclic) bond motifs is 3. The summed E-state index contributed by atoms with van der Waals surface area (Å²) < 4.78 is 1.17. The lowest BCUT2D eigenvalue weighted by Crippen LogP contribution is -2.10. The van der Waals surface area contributed by atoms with Crippen LogP contribution < -0.4 is 4.90 Å². The molecule has 252 valence electrons. The van der Waals surface area contributed by atoms with Gasteiger partial charge >= 0.3 is 0 Å². The van der Waals surface area contributed by atoms with Crippen LogP contribution in [0.2, 0.25) is 0 Å². The van der Waals surface area contributed by atoms with Crippen LogP contribution in [0.3, 0.4) is 0 Å². The van der Waals surface area contributed by atoms with Crippen molar-refractivity contribution >= 4 is 77.7 Å². The topological polar surface area (TPSA) is 53.7 Å². The van der Waals surface area contributed by atoms with Crippen LogP contribution >= 0.6 is 11.3 Å². The zero-order chi connectivity index (χ0) is 35.7. The van der Waals surface area contributed by atoms with E-state index in [0.717, 1.165) is 88.3 Å². The van der Waals surface area contributed by atoms with E-state index in [1.54, 1.807) is 11.3 Å². The zero-order valence-corrected chi connectivity index (χ0v) is 29.8. The Morgan fingerprint density at radius 2 is 1.06 bits per heavy atom. The van der Waals surface area contributed by atoms with Crippen LogP contribution in [0.25, 0.3) is 54.1 Å². The van der Waals surface area contributed by atoms with Gasteiger partial charge in [0.05, 0.1) is 16.7 Å². The number of hydrogen-bond donors (Lipinski definition) is 0. The van der Waals surface area contributed by atoms with E-state index in [4.69, 9.17) is 15.0 Å². The van der Waals surface area contributed by atoms with Gasteiger partial charge in [0.2, 0.25) is 0 Å². The highest BCUT2D eigenvalue weighted by molar-refractivity contribution is 7.23. The van der Waals surface area contributed by atoms with Crippen molar-refractivity contribution < 1.29 is 0 Å². The van der Waals surface area contributed by atoms with E-state index >= 15 is 0 Å². The summed E-state index contributed by atoms with van der Waals surface area (Å²) in [6, 6.07) is 55.2. The fourth-order valence-corrected chi connectivity index (χ4v) is 8.05. The van der Waals surface area contributed by atoms with Crippen LogP contribution in [0.4, 0.5) is 22.1 Å². The molecular formula is C47H33N5S. The molecule has 3 heterocycles. The molecule has 0 unspecified atom stereocenters. The smallest absolute Gasteiger partial charge is 0.125 e. The second kappa shape index (κ2) is 13.8. The van der Waals surface area contributed by atoms with Crippen molar-refractivity contribution in [3.63, 3.8) is 0 Å². The van der Waals surface area contributed by atoms with Gasteiger partial charge in [-0.25, -0.2) is 0 Å². The van der Waals surface area contributed by atoms with Crippen LogP contribution in [-0.4, -0.2) is 29.4 Å². The van der Waals surface area contributed by atoms with Gasteiger partial charge in [-0.05, 0) is 84.6 Å². The van der Waals surface area contributed by atoms with Gasteiger partial charge in [0.25, 0.3) is 0 Å². The fraction of sp³-hybridized carbons (Fsp3) is 0.0213. The average Bonchev–Trinajstić information content (AvgIpc) is 3.60. The average molecular weight is 700 g/mol. The Hall–Kier alpha value is -6.76. The number of para-hydroxylation sites is 2. The van der Waals surface area contributed by atoms with Gasteiger partial charge in [-0.3, -0.25) is 20.0 Å². The third-order valence-electron chi connectivity index (χ3n) is 9.68. The lowest BCUT2D eigenvalue weighted by Gasteiger charge is -2.26. The summed E-state index contributed by atoms with van der Waals surface area (Å²) in [5.74, 6) is 0. The molecule has 0 bridgehead atoms. The van der Waals surface area contributed by atoms with Gasteiger partial charge in [0, 0.05) is 79.6 Å². The van der Waals surface area contributed by atoms with E-state index in [2.05, 4.69) is 150 Å². The highest BCUT2D eigenvalue weighted by atomic mass is 32.1. The molecule has 0 aliphatic carbocycles. The van der Waals surface area contributed by atoms with Crippen molar-refractivity contribution in [1.29, 1.82) is 0 Å². The summed E-state index contributed by atoms with van der Waals surface area (Å²) >= 11 is 1.64. The minimum absolute atomic E-state index is 0.876. The van der Waals surface area contributed by atoms with Crippen molar-refractivity contribution in [3.8, 4) is 22.3 Å². The summed E-state index contributed by atoms with van der Waals surface area (Å²) in [6.07, 6.45) is 3.90.